The van der Waals surface area contributed by atoms with Crippen LogP contribution < -0.4 is 14.8 Å². The van der Waals surface area contributed by atoms with E-state index in [9.17, 15) is 5.26 Å². The highest BCUT2D eigenvalue weighted by atomic mass is 16.5. The van der Waals surface area contributed by atoms with Crippen molar-refractivity contribution >= 4 is 0 Å². The van der Waals surface area contributed by atoms with Gasteiger partial charge in [-0.3, -0.25) is 4.90 Å². The highest BCUT2D eigenvalue weighted by molar-refractivity contribution is 5.45. The second-order valence-corrected chi connectivity index (χ2v) is 5.31. The molecule has 2 rings (SSSR count). The van der Waals surface area contributed by atoms with Crippen LogP contribution in [-0.2, 0) is 0 Å². The van der Waals surface area contributed by atoms with Crippen LogP contribution in [0.3, 0.4) is 0 Å². The number of piperazine rings is 1. The number of benzene rings is 1. The molecular formula is C17H25N3O2. The van der Waals surface area contributed by atoms with E-state index in [-0.39, 0.29) is 6.04 Å². The molecule has 0 spiro atoms. The molecule has 1 aliphatic heterocycles. The lowest BCUT2D eigenvalue weighted by atomic mass is 10.0. The SMILES string of the molecule is CCCOc1ccc(C(C#N)N2CCNCC2)cc1OCC. The lowest BCUT2D eigenvalue weighted by Gasteiger charge is -2.31. The highest BCUT2D eigenvalue weighted by Crippen LogP contribution is 2.32. The maximum absolute atomic E-state index is 9.58. The third kappa shape index (κ3) is 4.12. The van der Waals surface area contributed by atoms with Crippen LogP contribution in [0.1, 0.15) is 31.9 Å². The van der Waals surface area contributed by atoms with Crippen molar-refractivity contribution in [2.45, 2.75) is 26.3 Å². The Balaban J connectivity index is 2.21. The molecule has 1 aliphatic rings. The van der Waals surface area contributed by atoms with Gasteiger partial charge in [-0.05, 0) is 31.0 Å². The molecule has 1 unspecified atom stereocenters. The number of ether oxygens (including phenoxy) is 2. The average Bonchev–Trinajstić information content (AvgIpc) is 2.56. The topological polar surface area (TPSA) is 57.5 Å². The second kappa shape index (κ2) is 8.62. The van der Waals surface area contributed by atoms with Crippen LogP contribution in [0.15, 0.2) is 18.2 Å². The summed E-state index contributed by atoms with van der Waals surface area (Å²) >= 11 is 0. The Morgan fingerprint density at radius 2 is 2.00 bits per heavy atom. The van der Waals surface area contributed by atoms with Gasteiger partial charge in [0.2, 0.25) is 0 Å². The number of nitriles is 1. The summed E-state index contributed by atoms with van der Waals surface area (Å²) in [7, 11) is 0. The molecule has 0 bridgehead atoms. The largest absolute Gasteiger partial charge is 0.490 e. The number of hydrogen-bond donors (Lipinski definition) is 1. The van der Waals surface area contributed by atoms with E-state index >= 15 is 0 Å². The third-order valence-electron chi connectivity index (χ3n) is 3.68. The van der Waals surface area contributed by atoms with E-state index in [4.69, 9.17) is 9.47 Å². The zero-order chi connectivity index (χ0) is 15.8. The first-order chi connectivity index (χ1) is 10.8. The van der Waals surface area contributed by atoms with Gasteiger partial charge in [0.05, 0.1) is 19.3 Å². The summed E-state index contributed by atoms with van der Waals surface area (Å²) in [6.07, 6.45) is 0.953. The maximum atomic E-state index is 9.58. The monoisotopic (exact) mass is 303 g/mol. The van der Waals surface area contributed by atoms with Crippen molar-refractivity contribution in [2.75, 3.05) is 39.4 Å². The molecular weight excluding hydrogens is 278 g/mol. The zero-order valence-electron chi connectivity index (χ0n) is 13.5. The van der Waals surface area contributed by atoms with Gasteiger partial charge in [0.15, 0.2) is 11.5 Å². The molecule has 0 radical (unpaired) electrons. The molecule has 1 aromatic carbocycles. The van der Waals surface area contributed by atoms with Crippen LogP contribution in [0, 0.1) is 11.3 Å². The van der Waals surface area contributed by atoms with Crippen LogP contribution in [0.4, 0.5) is 0 Å². The van der Waals surface area contributed by atoms with E-state index in [0.29, 0.717) is 13.2 Å². The number of hydrogen-bond acceptors (Lipinski definition) is 5. The van der Waals surface area contributed by atoms with E-state index in [2.05, 4.69) is 23.2 Å². The lowest BCUT2D eigenvalue weighted by molar-refractivity contribution is 0.207. The summed E-state index contributed by atoms with van der Waals surface area (Å²) in [6, 6.07) is 8.03. The normalized spacial score (nSPS) is 16.8. The second-order valence-electron chi connectivity index (χ2n) is 5.31. The Bertz CT molecular complexity index is 507. The van der Waals surface area contributed by atoms with Gasteiger partial charge in [-0.15, -0.1) is 0 Å². The van der Waals surface area contributed by atoms with Crippen molar-refractivity contribution in [1.82, 2.24) is 10.2 Å². The van der Waals surface area contributed by atoms with Crippen LogP contribution in [0.2, 0.25) is 0 Å². The summed E-state index contributed by atoms with van der Waals surface area (Å²) in [5.74, 6) is 1.48. The van der Waals surface area contributed by atoms with Gasteiger partial charge in [0.25, 0.3) is 0 Å². The Morgan fingerprint density at radius 1 is 1.23 bits per heavy atom. The van der Waals surface area contributed by atoms with Gasteiger partial charge < -0.3 is 14.8 Å². The Labute approximate surface area is 132 Å². The van der Waals surface area contributed by atoms with Gasteiger partial charge in [0, 0.05) is 26.2 Å². The summed E-state index contributed by atoms with van der Waals surface area (Å²) in [5.41, 5.74) is 0.969. The molecule has 0 aromatic heterocycles. The fraction of sp³-hybridized carbons (Fsp3) is 0.588. The summed E-state index contributed by atoms with van der Waals surface area (Å²) < 4.78 is 11.4. The molecule has 22 heavy (non-hydrogen) atoms. The first kappa shape index (κ1) is 16.6. The number of rotatable bonds is 7. The van der Waals surface area contributed by atoms with Crippen LogP contribution >= 0.6 is 0 Å². The van der Waals surface area contributed by atoms with Crippen molar-refractivity contribution < 1.29 is 9.47 Å². The molecule has 0 amide bonds. The predicted octanol–water partition coefficient (Wildman–Crippen LogP) is 2.34. The van der Waals surface area contributed by atoms with E-state index in [1.54, 1.807) is 0 Å². The molecule has 120 valence electrons. The van der Waals surface area contributed by atoms with E-state index in [1.807, 2.05) is 25.1 Å². The van der Waals surface area contributed by atoms with Crippen molar-refractivity contribution in [3.05, 3.63) is 23.8 Å². The molecule has 1 fully saturated rings. The molecule has 1 atom stereocenters. The van der Waals surface area contributed by atoms with Gasteiger partial charge in [-0.2, -0.15) is 5.26 Å². The number of nitrogens with one attached hydrogen (secondary N) is 1. The van der Waals surface area contributed by atoms with Crippen LogP contribution in [0.5, 0.6) is 11.5 Å². The van der Waals surface area contributed by atoms with Crippen molar-refractivity contribution in [1.29, 1.82) is 5.26 Å². The number of nitrogens with zero attached hydrogens (tertiary/aromatic N) is 2. The van der Waals surface area contributed by atoms with E-state index in [1.165, 1.54) is 0 Å². The minimum atomic E-state index is -0.235. The quantitative estimate of drug-likeness (QED) is 0.838. The summed E-state index contributed by atoms with van der Waals surface area (Å²) in [6.45, 7) is 8.89. The molecule has 1 aromatic rings. The molecule has 5 nitrogen and oxygen atoms in total. The fourth-order valence-electron chi connectivity index (χ4n) is 2.60. The smallest absolute Gasteiger partial charge is 0.161 e. The first-order valence-electron chi connectivity index (χ1n) is 8.04. The fourth-order valence-corrected chi connectivity index (χ4v) is 2.60. The molecule has 1 heterocycles. The predicted molar refractivity (Wildman–Crippen MR) is 86.2 cm³/mol. The first-order valence-corrected chi connectivity index (χ1v) is 8.04. The average molecular weight is 303 g/mol. The highest BCUT2D eigenvalue weighted by Gasteiger charge is 2.23. The van der Waals surface area contributed by atoms with Gasteiger partial charge in [-0.1, -0.05) is 13.0 Å². The zero-order valence-corrected chi connectivity index (χ0v) is 13.5. The standard InChI is InChI=1S/C17H25N3O2/c1-3-11-22-16-6-5-14(12-17(16)21-4-2)15(13-18)20-9-7-19-8-10-20/h5-6,12,15,19H,3-4,7-11H2,1-2H3. The van der Waals surface area contributed by atoms with Crippen molar-refractivity contribution in [3.8, 4) is 17.6 Å². The van der Waals surface area contributed by atoms with Gasteiger partial charge in [-0.25, -0.2) is 0 Å². The molecule has 5 heteroatoms. The maximum Gasteiger partial charge on any atom is 0.161 e. The Morgan fingerprint density at radius 3 is 2.64 bits per heavy atom. The minimum Gasteiger partial charge on any atom is -0.490 e. The molecule has 1 saturated heterocycles. The van der Waals surface area contributed by atoms with E-state index < -0.39 is 0 Å². The van der Waals surface area contributed by atoms with Crippen LogP contribution in [-0.4, -0.2) is 44.3 Å². The van der Waals surface area contributed by atoms with Crippen molar-refractivity contribution in [2.24, 2.45) is 0 Å². The molecule has 0 aliphatic carbocycles. The van der Waals surface area contributed by atoms with Gasteiger partial charge >= 0.3 is 0 Å². The Kier molecular flexibility index (Phi) is 6.50. The van der Waals surface area contributed by atoms with Crippen molar-refractivity contribution in [3.63, 3.8) is 0 Å². The third-order valence-corrected chi connectivity index (χ3v) is 3.68. The van der Waals surface area contributed by atoms with Crippen LogP contribution in [0.25, 0.3) is 0 Å². The molecule has 0 saturated carbocycles. The minimum absolute atomic E-state index is 0.235. The van der Waals surface area contributed by atoms with Gasteiger partial charge in [0.1, 0.15) is 6.04 Å². The summed E-state index contributed by atoms with van der Waals surface area (Å²) in [5, 5.41) is 12.9. The Hall–Kier alpha value is -1.77. The summed E-state index contributed by atoms with van der Waals surface area (Å²) in [4.78, 5) is 2.20. The lowest BCUT2D eigenvalue weighted by Crippen LogP contribution is -2.44. The van der Waals surface area contributed by atoms with E-state index in [0.717, 1.165) is 49.7 Å². The molecule has 1 N–H and O–H groups in total.